The quantitative estimate of drug-likeness (QED) is 0.803. The molecular formula is C12H13FN2. The summed E-state index contributed by atoms with van der Waals surface area (Å²) in [4.78, 5) is 0. The molecule has 1 N–H and O–H groups in total. The molecule has 3 heteroatoms. The highest BCUT2D eigenvalue weighted by molar-refractivity contribution is 5.56. The van der Waals surface area contributed by atoms with Crippen LogP contribution in [-0.2, 0) is 0 Å². The van der Waals surface area contributed by atoms with E-state index in [-0.39, 0.29) is 5.82 Å². The van der Waals surface area contributed by atoms with Gasteiger partial charge in [-0.25, -0.2) is 4.39 Å². The molecule has 1 aliphatic carbocycles. The molecule has 1 aliphatic rings. The Morgan fingerprint density at radius 3 is 2.73 bits per heavy atom. The van der Waals surface area contributed by atoms with E-state index in [1.54, 1.807) is 13.0 Å². The standard InChI is InChI=1S/C12H13FN2/c1-8-11(13)5-9(7-14)6-12(8)15-10-3-2-4-10/h5-6,10,15H,2-4H2,1H3. The van der Waals surface area contributed by atoms with E-state index in [2.05, 4.69) is 5.32 Å². The van der Waals surface area contributed by atoms with E-state index in [4.69, 9.17) is 5.26 Å². The minimum Gasteiger partial charge on any atom is -0.382 e. The van der Waals surface area contributed by atoms with E-state index in [0.29, 0.717) is 17.2 Å². The number of halogens is 1. The molecule has 0 aromatic heterocycles. The van der Waals surface area contributed by atoms with Crippen LogP contribution < -0.4 is 5.32 Å². The Hall–Kier alpha value is -1.56. The predicted octanol–water partition coefficient (Wildman–Crippen LogP) is 2.97. The lowest BCUT2D eigenvalue weighted by Crippen LogP contribution is -2.27. The molecule has 0 radical (unpaired) electrons. The van der Waals surface area contributed by atoms with Crippen molar-refractivity contribution >= 4 is 5.69 Å². The third-order valence-corrected chi connectivity index (χ3v) is 2.94. The number of nitrogens with zero attached hydrogens (tertiary/aromatic N) is 1. The maximum atomic E-state index is 13.4. The first kappa shape index (κ1) is 9.97. The van der Waals surface area contributed by atoms with Gasteiger partial charge >= 0.3 is 0 Å². The molecule has 0 bridgehead atoms. The van der Waals surface area contributed by atoms with Crippen LogP contribution in [0.25, 0.3) is 0 Å². The van der Waals surface area contributed by atoms with Gasteiger partial charge in [0.2, 0.25) is 0 Å². The van der Waals surface area contributed by atoms with E-state index in [1.807, 2.05) is 6.07 Å². The molecule has 15 heavy (non-hydrogen) atoms. The van der Waals surface area contributed by atoms with E-state index in [1.165, 1.54) is 12.5 Å². The summed E-state index contributed by atoms with van der Waals surface area (Å²) in [7, 11) is 0. The minimum atomic E-state index is -0.309. The zero-order chi connectivity index (χ0) is 10.8. The number of benzene rings is 1. The Kier molecular flexibility index (Phi) is 2.59. The van der Waals surface area contributed by atoms with E-state index < -0.39 is 0 Å². The Bertz CT molecular complexity index is 416. The second kappa shape index (κ2) is 3.90. The number of hydrogen-bond donors (Lipinski definition) is 1. The van der Waals surface area contributed by atoms with Crippen LogP contribution in [0.3, 0.4) is 0 Å². The topological polar surface area (TPSA) is 35.8 Å². The summed E-state index contributed by atoms with van der Waals surface area (Å²) >= 11 is 0. The van der Waals surface area contributed by atoms with E-state index >= 15 is 0 Å². The molecule has 2 nitrogen and oxygen atoms in total. The van der Waals surface area contributed by atoms with Crippen LogP contribution >= 0.6 is 0 Å². The first-order valence-corrected chi connectivity index (χ1v) is 5.17. The third-order valence-electron chi connectivity index (χ3n) is 2.94. The number of nitriles is 1. The minimum absolute atomic E-state index is 0.309. The maximum Gasteiger partial charge on any atom is 0.129 e. The number of hydrogen-bond acceptors (Lipinski definition) is 2. The maximum absolute atomic E-state index is 13.4. The molecule has 1 fully saturated rings. The van der Waals surface area contributed by atoms with E-state index in [0.717, 1.165) is 18.5 Å². The van der Waals surface area contributed by atoms with E-state index in [9.17, 15) is 4.39 Å². The van der Waals surface area contributed by atoms with Crippen molar-refractivity contribution in [2.45, 2.75) is 32.2 Å². The van der Waals surface area contributed by atoms with Gasteiger partial charge in [0.05, 0.1) is 11.6 Å². The van der Waals surface area contributed by atoms with Crippen molar-refractivity contribution in [3.8, 4) is 6.07 Å². The van der Waals surface area contributed by atoms with Crippen LogP contribution in [0.2, 0.25) is 0 Å². The fraction of sp³-hybridized carbons (Fsp3) is 0.417. The lowest BCUT2D eigenvalue weighted by atomic mass is 9.92. The summed E-state index contributed by atoms with van der Waals surface area (Å²) in [5.74, 6) is -0.309. The van der Waals surface area contributed by atoms with Crippen molar-refractivity contribution in [2.24, 2.45) is 0 Å². The van der Waals surface area contributed by atoms with Crippen molar-refractivity contribution < 1.29 is 4.39 Å². The number of anilines is 1. The second-order valence-corrected chi connectivity index (χ2v) is 4.01. The van der Waals surface area contributed by atoms with Gasteiger partial charge in [0.25, 0.3) is 0 Å². The van der Waals surface area contributed by atoms with Crippen molar-refractivity contribution in [1.29, 1.82) is 5.26 Å². The summed E-state index contributed by atoms with van der Waals surface area (Å²) < 4.78 is 13.4. The van der Waals surface area contributed by atoms with Gasteiger partial charge in [0, 0.05) is 17.3 Å². The lowest BCUT2D eigenvalue weighted by molar-refractivity contribution is 0.445. The number of nitrogens with one attached hydrogen (secondary N) is 1. The molecule has 2 rings (SSSR count). The van der Waals surface area contributed by atoms with Crippen LogP contribution in [0.4, 0.5) is 10.1 Å². The molecule has 1 saturated carbocycles. The van der Waals surface area contributed by atoms with Gasteiger partial charge in [-0.05, 0) is 38.3 Å². The van der Waals surface area contributed by atoms with Crippen molar-refractivity contribution in [1.82, 2.24) is 0 Å². The zero-order valence-corrected chi connectivity index (χ0v) is 8.68. The molecule has 0 aliphatic heterocycles. The van der Waals surface area contributed by atoms with Crippen LogP contribution in [0.1, 0.15) is 30.4 Å². The van der Waals surface area contributed by atoms with Crippen LogP contribution in [-0.4, -0.2) is 6.04 Å². The summed E-state index contributed by atoms with van der Waals surface area (Å²) in [6.45, 7) is 1.73. The smallest absolute Gasteiger partial charge is 0.129 e. The Balaban J connectivity index is 2.28. The molecule has 0 heterocycles. The highest BCUT2D eigenvalue weighted by atomic mass is 19.1. The van der Waals surface area contributed by atoms with Crippen LogP contribution in [0.5, 0.6) is 0 Å². The van der Waals surface area contributed by atoms with Gasteiger partial charge in [-0.2, -0.15) is 5.26 Å². The van der Waals surface area contributed by atoms with Gasteiger partial charge < -0.3 is 5.32 Å². The Labute approximate surface area is 88.7 Å². The summed E-state index contributed by atoms with van der Waals surface area (Å²) in [6, 6.07) is 5.42. The zero-order valence-electron chi connectivity index (χ0n) is 8.68. The molecule has 78 valence electrons. The SMILES string of the molecule is Cc1c(F)cc(C#N)cc1NC1CCC1. The molecule has 0 amide bonds. The third kappa shape index (κ3) is 1.94. The largest absolute Gasteiger partial charge is 0.382 e. The van der Waals surface area contributed by atoms with Crippen molar-refractivity contribution in [2.75, 3.05) is 5.32 Å². The molecular weight excluding hydrogens is 191 g/mol. The highest BCUT2D eigenvalue weighted by Crippen LogP contribution is 2.27. The Morgan fingerprint density at radius 2 is 2.20 bits per heavy atom. The fourth-order valence-corrected chi connectivity index (χ4v) is 1.67. The highest BCUT2D eigenvalue weighted by Gasteiger charge is 2.18. The van der Waals surface area contributed by atoms with Gasteiger partial charge in [-0.1, -0.05) is 0 Å². The van der Waals surface area contributed by atoms with Crippen molar-refractivity contribution in [3.63, 3.8) is 0 Å². The molecule has 0 unspecified atom stereocenters. The van der Waals surface area contributed by atoms with Gasteiger partial charge in [-0.15, -0.1) is 0 Å². The second-order valence-electron chi connectivity index (χ2n) is 4.01. The Morgan fingerprint density at radius 1 is 1.47 bits per heavy atom. The monoisotopic (exact) mass is 204 g/mol. The summed E-state index contributed by atoms with van der Waals surface area (Å²) in [5.41, 5.74) is 1.73. The average molecular weight is 204 g/mol. The predicted molar refractivity (Wildman–Crippen MR) is 57.1 cm³/mol. The molecule has 0 saturated heterocycles. The molecule has 1 aromatic carbocycles. The van der Waals surface area contributed by atoms with Crippen LogP contribution in [0.15, 0.2) is 12.1 Å². The first-order valence-electron chi connectivity index (χ1n) is 5.17. The summed E-state index contributed by atoms with van der Waals surface area (Å²) in [5, 5.41) is 12.0. The van der Waals surface area contributed by atoms with Gasteiger partial charge in [0.15, 0.2) is 0 Å². The normalized spacial score (nSPS) is 15.5. The van der Waals surface area contributed by atoms with Gasteiger partial charge in [0.1, 0.15) is 5.82 Å². The average Bonchev–Trinajstić information content (AvgIpc) is 2.17. The van der Waals surface area contributed by atoms with Gasteiger partial charge in [-0.3, -0.25) is 0 Å². The first-order chi connectivity index (χ1) is 7.20. The van der Waals surface area contributed by atoms with Crippen LogP contribution in [0, 0.1) is 24.1 Å². The fourth-order valence-electron chi connectivity index (χ4n) is 1.67. The summed E-state index contributed by atoms with van der Waals surface area (Å²) in [6.07, 6.45) is 3.51. The number of rotatable bonds is 2. The molecule has 0 atom stereocenters. The van der Waals surface area contributed by atoms with Crippen molar-refractivity contribution in [3.05, 3.63) is 29.1 Å². The molecule has 0 spiro atoms. The lowest BCUT2D eigenvalue weighted by Gasteiger charge is -2.28. The molecule has 1 aromatic rings.